The number of aromatic nitrogens is 1. The van der Waals surface area contributed by atoms with E-state index in [1.165, 1.54) is 7.11 Å². The number of methoxy groups -OCH3 is 1. The third kappa shape index (κ3) is 3.40. The van der Waals surface area contributed by atoms with Crippen LogP contribution in [-0.4, -0.2) is 37.8 Å². The number of rotatable bonds is 5. The van der Waals surface area contributed by atoms with Gasteiger partial charge in [0.2, 0.25) is 0 Å². The van der Waals surface area contributed by atoms with Gasteiger partial charge in [-0.3, -0.25) is 4.79 Å². The molecule has 20 heavy (non-hydrogen) atoms. The maximum absolute atomic E-state index is 11.5. The Hall–Kier alpha value is -1.78. The second-order valence-corrected chi connectivity index (χ2v) is 4.96. The molecule has 0 aliphatic carbocycles. The fraction of sp³-hybridized carbons (Fsp3) is 0.600. The Labute approximate surface area is 119 Å². The molecule has 5 heteroatoms. The first kappa shape index (κ1) is 14.6. The van der Waals surface area contributed by atoms with Gasteiger partial charge in [0.15, 0.2) is 11.6 Å². The van der Waals surface area contributed by atoms with Gasteiger partial charge in [0.05, 0.1) is 19.6 Å². The van der Waals surface area contributed by atoms with Crippen LogP contribution in [0.15, 0.2) is 18.3 Å². The summed E-state index contributed by atoms with van der Waals surface area (Å²) in [5, 5.41) is 0. The molecule has 2 rings (SSSR count). The van der Waals surface area contributed by atoms with Crippen molar-refractivity contribution in [2.24, 2.45) is 5.92 Å². The number of pyridine rings is 1. The molecule has 0 amide bonds. The molecule has 2 heterocycles. The molecule has 1 fully saturated rings. The van der Waals surface area contributed by atoms with Crippen molar-refractivity contribution in [1.29, 1.82) is 0 Å². The molecule has 0 atom stereocenters. The summed E-state index contributed by atoms with van der Waals surface area (Å²) in [6.07, 6.45) is 4.35. The number of anilines is 1. The maximum Gasteiger partial charge on any atom is 0.308 e. The summed E-state index contributed by atoms with van der Waals surface area (Å²) in [7, 11) is 1.45. The summed E-state index contributed by atoms with van der Waals surface area (Å²) >= 11 is 0. The minimum atomic E-state index is -0.104. The van der Waals surface area contributed by atoms with Gasteiger partial charge in [0, 0.05) is 19.3 Å². The van der Waals surface area contributed by atoms with Gasteiger partial charge in [0.25, 0.3) is 0 Å². The van der Waals surface area contributed by atoms with Crippen molar-refractivity contribution >= 4 is 11.8 Å². The standard InChI is InChI=1S/C15H22N2O3/c1-3-11-20-13-5-4-8-16-14(13)17-9-6-12(7-10-17)15(18)19-2/h4-5,8,12H,3,6-7,9-11H2,1-2H3. The van der Waals surface area contributed by atoms with E-state index in [9.17, 15) is 4.79 Å². The summed E-state index contributed by atoms with van der Waals surface area (Å²) in [6, 6.07) is 3.83. The smallest absolute Gasteiger partial charge is 0.308 e. The van der Waals surface area contributed by atoms with Crippen LogP contribution >= 0.6 is 0 Å². The lowest BCUT2D eigenvalue weighted by Crippen LogP contribution is -2.37. The van der Waals surface area contributed by atoms with Crippen LogP contribution in [-0.2, 0) is 9.53 Å². The highest BCUT2D eigenvalue weighted by Crippen LogP contribution is 2.29. The average Bonchev–Trinajstić information content (AvgIpc) is 2.52. The van der Waals surface area contributed by atoms with Crippen LogP contribution in [0.1, 0.15) is 26.2 Å². The van der Waals surface area contributed by atoms with Gasteiger partial charge in [-0.25, -0.2) is 4.98 Å². The lowest BCUT2D eigenvalue weighted by atomic mass is 9.97. The molecule has 1 aromatic heterocycles. The highest BCUT2D eigenvalue weighted by Gasteiger charge is 2.27. The molecule has 1 aromatic rings. The Morgan fingerprint density at radius 1 is 1.45 bits per heavy atom. The highest BCUT2D eigenvalue weighted by molar-refractivity contribution is 5.72. The van der Waals surface area contributed by atoms with Crippen LogP contribution in [0.25, 0.3) is 0 Å². The largest absolute Gasteiger partial charge is 0.490 e. The average molecular weight is 278 g/mol. The van der Waals surface area contributed by atoms with Gasteiger partial charge in [-0.1, -0.05) is 6.92 Å². The topological polar surface area (TPSA) is 51.7 Å². The van der Waals surface area contributed by atoms with Crippen molar-refractivity contribution in [2.45, 2.75) is 26.2 Å². The molecular formula is C15H22N2O3. The first-order valence-electron chi connectivity index (χ1n) is 7.16. The molecular weight excluding hydrogens is 256 g/mol. The number of piperidine rings is 1. The highest BCUT2D eigenvalue weighted by atomic mass is 16.5. The summed E-state index contributed by atoms with van der Waals surface area (Å²) in [4.78, 5) is 18.2. The first-order valence-corrected chi connectivity index (χ1v) is 7.16. The van der Waals surface area contributed by atoms with E-state index in [2.05, 4.69) is 16.8 Å². The van der Waals surface area contributed by atoms with E-state index in [1.54, 1.807) is 6.20 Å². The Kier molecular flexibility index (Phi) is 5.21. The zero-order valence-corrected chi connectivity index (χ0v) is 12.2. The molecule has 0 radical (unpaired) electrons. The molecule has 0 saturated carbocycles. The van der Waals surface area contributed by atoms with E-state index < -0.39 is 0 Å². The second-order valence-electron chi connectivity index (χ2n) is 4.96. The van der Waals surface area contributed by atoms with Gasteiger partial charge in [-0.15, -0.1) is 0 Å². The number of ether oxygens (including phenoxy) is 2. The van der Waals surface area contributed by atoms with Gasteiger partial charge in [-0.2, -0.15) is 0 Å². The predicted molar refractivity (Wildman–Crippen MR) is 77.0 cm³/mol. The van der Waals surface area contributed by atoms with Crippen LogP contribution < -0.4 is 9.64 Å². The number of nitrogens with zero attached hydrogens (tertiary/aromatic N) is 2. The quantitative estimate of drug-likeness (QED) is 0.773. The molecule has 0 unspecified atom stereocenters. The number of carbonyl (C=O) groups excluding carboxylic acids is 1. The zero-order chi connectivity index (χ0) is 14.4. The van der Waals surface area contributed by atoms with Gasteiger partial charge < -0.3 is 14.4 Å². The molecule has 0 spiro atoms. The Balaban J connectivity index is 2.01. The minimum Gasteiger partial charge on any atom is -0.490 e. The van der Waals surface area contributed by atoms with Crippen molar-refractivity contribution < 1.29 is 14.3 Å². The van der Waals surface area contributed by atoms with Crippen LogP contribution in [0, 0.1) is 5.92 Å². The van der Waals surface area contributed by atoms with Crippen LogP contribution in [0.4, 0.5) is 5.82 Å². The minimum absolute atomic E-state index is 0.0139. The maximum atomic E-state index is 11.5. The SMILES string of the molecule is CCCOc1cccnc1N1CCC(C(=O)OC)CC1. The van der Waals surface area contributed by atoms with Crippen molar-refractivity contribution in [3.8, 4) is 5.75 Å². The predicted octanol–water partition coefficient (Wildman–Crippen LogP) is 2.26. The monoisotopic (exact) mass is 278 g/mol. The second kappa shape index (κ2) is 7.12. The fourth-order valence-electron chi connectivity index (χ4n) is 2.44. The van der Waals surface area contributed by atoms with E-state index in [1.807, 2.05) is 12.1 Å². The van der Waals surface area contributed by atoms with Crippen molar-refractivity contribution in [3.63, 3.8) is 0 Å². The van der Waals surface area contributed by atoms with Crippen molar-refractivity contribution in [1.82, 2.24) is 4.98 Å². The molecule has 110 valence electrons. The molecule has 0 N–H and O–H groups in total. The van der Waals surface area contributed by atoms with E-state index >= 15 is 0 Å². The molecule has 1 aliphatic rings. The summed E-state index contributed by atoms with van der Waals surface area (Å²) < 4.78 is 10.5. The Bertz CT molecular complexity index is 442. The third-order valence-corrected chi connectivity index (χ3v) is 3.54. The number of carbonyl (C=O) groups is 1. The van der Waals surface area contributed by atoms with E-state index in [-0.39, 0.29) is 11.9 Å². The summed E-state index contributed by atoms with van der Waals surface area (Å²) in [6.45, 7) is 4.38. The number of hydrogen-bond acceptors (Lipinski definition) is 5. The number of hydrogen-bond donors (Lipinski definition) is 0. The van der Waals surface area contributed by atoms with Gasteiger partial charge >= 0.3 is 5.97 Å². The lowest BCUT2D eigenvalue weighted by Gasteiger charge is -2.32. The Morgan fingerprint density at radius 2 is 2.20 bits per heavy atom. The van der Waals surface area contributed by atoms with E-state index in [0.29, 0.717) is 6.61 Å². The van der Waals surface area contributed by atoms with Gasteiger partial charge in [-0.05, 0) is 31.4 Å². The van der Waals surface area contributed by atoms with Crippen LogP contribution in [0.5, 0.6) is 5.75 Å². The lowest BCUT2D eigenvalue weighted by molar-refractivity contribution is -0.146. The van der Waals surface area contributed by atoms with Crippen LogP contribution in [0.2, 0.25) is 0 Å². The van der Waals surface area contributed by atoms with Crippen LogP contribution in [0.3, 0.4) is 0 Å². The molecule has 1 saturated heterocycles. The molecule has 0 aromatic carbocycles. The molecule has 0 bridgehead atoms. The first-order chi connectivity index (χ1) is 9.76. The van der Waals surface area contributed by atoms with Crippen molar-refractivity contribution in [2.75, 3.05) is 31.7 Å². The normalized spacial score (nSPS) is 16.0. The van der Waals surface area contributed by atoms with Crippen molar-refractivity contribution in [3.05, 3.63) is 18.3 Å². The Morgan fingerprint density at radius 3 is 2.85 bits per heavy atom. The van der Waals surface area contributed by atoms with Gasteiger partial charge in [0.1, 0.15) is 0 Å². The fourth-order valence-corrected chi connectivity index (χ4v) is 2.44. The third-order valence-electron chi connectivity index (χ3n) is 3.54. The summed E-state index contributed by atoms with van der Waals surface area (Å²) in [5.41, 5.74) is 0. The molecule has 1 aliphatic heterocycles. The number of esters is 1. The van der Waals surface area contributed by atoms with E-state index in [0.717, 1.165) is 43.9 Å². The molecule has 5 nitrogen and oxygen atoms in total. The van der Waals surface area contributed by atoms with E-state index in [4.69, 9.17) is 9.47 Å². The zero-order valence-electron chi connectivity index (χ0n) is 12.2. The summed E-state index contributed by atoms with van der Waals surface area (Å²) in [5.74, 6) is 1.61.